The maximum atomic E-state index is 9.98. The highest BCUT2D eigenvalue weighted by atomic mass is 32.1. The van der Waals surface area contributed by atoms with Gasteiger partial charge in [0.05, 0.1) is 23.2 Å². The van der Waals surface area contributed by atoms with Crippen molar-refractivity contribution in [2.24, 2.45) is 0 Å². The molecule has 1 saturated carbocycles. The van der Waals surface area contributed by atoms with Crippen LogP contribution < -0.4 is 0 Å². The number of thiophene rings is 1. The molecular formula is C15H16N4OS2. The number of aryl methyl sites for hydroxylation is 1. The molecule has 5 nitrogen and oxygen atoms in total. The minimum Gasteiger partial charge on any atom is -0.391 e. The Hall–Kier alpha value is -1.57. The first-order valence-electron chi connectivity index (χ1n) is 7.32. The number of nitrogens with zero attached hydrogens (tertiary/aromatic N) is 4. The topological polar surface area (TPSA) is 63.8 Å². The maximum absolute atomic E-state index is 9.98. The van der Waals surface area contributed by atoms with Crippen molar-refractivity contribution in [3.05, 3.63) is 28.6 Å². The van der Waals surface area contributed by atoms with Crippen LogP contribution in [-0.4, -0.2) is 31.2 Å². The van der Waals surface area contributed by atoms with Crippen LogP contribution in [0.5, 0.6) is 0 Å². The standard InChI is InChI=1S/C15H16N4OS2/c1-9-5-6-21-14(9)15-16-11(8-22-15)10-7-19(18-17-10)12-3-2-4-13(12)20/h5-8,12-13,20H,2-4H2,1H3/t12-,13-/m1/s1. The Labute approximate surface area is 136 Å². The molecule has 0 aliphatic heterocycles. The molecule has 0 bridgehead atoms. The van der Waals surface area contributed by atoms with Crippen molar-refractivity contribution in [3.63, 3.8) is 0 Å². The number of rotatable bonds is 3. The highest BCUT2D eigenvalue weighted by Gasteiger charge is 2.28. The average molecular weight is 332 g/mol. The molecule has 0 amide bonds. The van der Waals surface area contributed by atoms with Crippen molar-refractivity contribution in [3.8, 4) is 21.3 Å². The predicted molar refractivity (Wildman–Crippen MR) is 88.1 cm³/mol. The number of aliphatic hydroxyl groups is 1. The smallest absolute Gasteiger partial charge is 0.134 e. The zero-order valence-electron chi connectivity index (χ0n) is 12.1. The van der Waals surface area contributed by atoms with E-state index in [1.807, 2.05) is 11.6 Å². The zero-order chi connectivity index (χ0) is 15.1. The molecule has 1 fully saturated rings. The fourth-order valence-electron chi connectivity index (χ4n) is 2.87. The second-order valence-electron chi connectivity index (χ2n) is 5.62. The van der Waals surface area contributed by atoms with Crippen LogP contribution in [0.15, 0.2) is 23.0 Å². The molecule has 0 spiro atoms. The van der Waals surface area contributed by atoms with E-state index in [-0.39, 0.29) is 12.1 Å². The lowest BCUT2D eigenvalue weighted by molar-refractivity contribution is 0.129. The van der Waals surface area contributed by atoms with Gasteiger partial charge in [0, 0.05) is 5.38 Å². The Morgan fingerprint density at radius 3 is 2.91 bits per heavy atom. The van der Waals surface area contributed by atoms with E-state index in [1.165, 1.54) is 10.4 Å². The number of hydrogen-bond acceptors (Lipinski definition) is 6. The van der Waals surface area contributed by atoms with Crippen LogP contribution in [0, 0.1) is 6.92 Å². The van der Waals surface area contributed by atoms with Crippen LogP contribution in [0.1, 0.15) is 30.9 Å². The first-order chi connectivity index (χ1) is 10.7. The summed E-state index contributed by atoms with van der Waals surface area (Å²) in [5.41, 5.74) is 2.88. The molecule has 3 aromatic heterocycles. The van der Waals surface area contributed by atoms with Crippen LogP contribution in [0.3, 0.4) is 0 Å². The molecule has 3 heterocycles. The van der Waals surface area contributed by atoms with Gasteiger partial charge in [-0.05, 0) is 43.2 Å². The van der Waals surface area contributed by atoms with Crippen molar-refractivity contribution >= 4 is 22.7 Å². The molecule has 4 rings (SSSR count). The molecule has 22 heavy (non-hydrogen) atoms. The van der Waals surface area contributed by atoms with Gasteiger partial charge in [0.15, 0.2) is 0 Å². The lowest BCUT2D eigenvalue weighted by Crippen LogP contribution is -2.18. The number of aliphatic hydroxyl groups excluding tert-OH is 1. The molecular weight excluding hydrogens is 316 g/mol. The van der Waals surface area contributed by atoms with Crippen LogP contribution in [-0.2, 0) is 0 Å². The van der Waals surface area contributed by atoms with Gasteiger partial charge in [0.25, 0.3) is 0 Å². The predicted octanol–water partition coefficient (Wildman–Crippen LogP) is 3.52. The van der Waals surface area contributed by atoms with Crippen LogP contribution in [0.4, 0.5) is 0 Å². The summed E-state index contributed by atoms with van der Waals surface area (Å²) in [4.78, 5) is 5.91. The third kappa shape index (κ3) is 2.39. The molecule has 0 radical (unpaired) electrons. The van der Waals surface area contributed by atoms with E-state index in [9.17, 15) is 5.11 Å². The molecule has 7 heteroatoms. The Bertz CT molecular complexity index is 791. The highest BCUT2D eigenvalue weighted by molar-refractivity contribution is 7.20. The average Bonchev–Trinajstić information content (AvgIpc) is 3.23. The van der Waals surface area contributed by atoms with Crippen LogP contribution >= 0.6 is 22.7 Å². The molecule has 3 aromatic rings. The highest BCUT2D eigenvalue weighted by Crippen LogP contribution is 2.34. The van der Waals surface area contributed by atoms with E-state index in [0.29, 0.717) is 0 Å². The van der Waals surface area contributed by atoms with E-state index >= 15 is 0 Å². The summed E-state index contributed by atoms with van der Waals surface area (Å²) in [7, 11) is 0. The maximum Gasteiger partial charge on any atom is 0.134 e. The van der Waals surface area contributed by atoms with Crippen molar-refractivity contribution < 1.29 is 5.11 Å². The Kier molecular flexibility index (Phi) is 3.56. The quantitative estimate of drug-likeness (QED) is 0.797. The van der Waals surface area contributed by atoms with Crippen molar-refractivity contribution in [2.75, 3.05) is 0 Å². The van der Waals surface area contributed by atoms with Gasteiger partial charge in [-0.1, -0.05) is 5.21 Å². The number of thiazole rings is 1. The summed E-state index contributed by atoms with van der Waals surface area (Å²) in [6, 6.07) is 2.16. The van der Waals surface area contributed by atoms with E-state index < -0.39 is 0 Å². The number of hydrogen-bond donors (Lipinski definition) is 1. The minimum atomic E-state index is -0.311. The normalized spacial score (nSPS) is 21.5. The molecule has 0 aromatic carbocycles. The Morgan fingerprint density at radius 1 is 1.27 bits per heavy atom. The molecule has 114 valence electrons. The summed E-state index contributed by atoms with van der Waals surface area (Å²) in [6.45, 7) is 2.10. The Morgan fingerprint density at radius 2 is 2.18 bits per heavy atom. The van der Waals surface area contributed by atoms with E-state index in [2.05, 4.69) is 28.7 Å². The summed E-state index contributed by atoms with van der Waals surface area (Å²) in [6.07, 6.45) is 4.44. The molecule has 1 N–H and O–H groups in total. The minimum absolute atomic E-state index is 0.0545. The summed E-state index contributed by atoms with van der Waals surface area (Å²) in [5, 5.41) is 23.5. The van der Waals surface area contributed by atoms with Gasteiger partial charge in [0.1, 0.15) is 16.4 Å². The van der Waals surface area contributed by atoms with Crippen molar-refractivity contribution in [2.45, 2.75) is 38.3 Å². The fraction of sp³-hybridized carbons (Fsp3) is 0.400. The summed E-state index contributed by atoms with van der Waals surface area (Å²) < 4.78 is 1.79. The van der Waals surface area contributed by atoms with Crippen molar-refractivity contribution in [1.82, 2.24) is 20.0 Å². The second kappa shape index (κ2) is 5.57. The van der Waals surface area contributed by atoms with E-state index in [4.69, 9.17) is 4.98 Å². The summed E-state index contributed by atoms with van der Waals surface area (Å²) >= 11 is 3.34. The molecule has 0 saturated heterocycles. The number of aromatic nitrogens is 4. The van der Waals surface area contributed by atoms with Gasteiger partial charge in [-0.25, -0.2) is 9.67 Å². The van der Waals surface area contributed by atoms with Gasteiger partial charge in [-0.15, -0.1) is 27.8 Å². The van der Waals surface area contributed by atoms with Crippen LogP contribution in [0.25, 0.3) is 21.3 Å². The van der Waals surface area contributed by atoms with Gasteiger partial charge < -0.3 is 5.11 Å². The first-order valence-corrected chi connectivity index (χ1v) is 9.08. The van der Waals surface area contributed by atoms with Gasteiger partial charge in [-0.3, -0.25) is 0 Å². The van der Waals surface area contributed by atoms with E-state index in [0.717, 1.165) is 35.7 Å². The molecule has 1 aliphatic rings. The zero-order valence-corrected chi connectivity index (χ0v) is 13.8. The molecule has 1 aliphatic carbocycles. The van der Waals surface area contributed by atoms with Crippen LogP contribution in [0.2, 0.25) is 0 Å². The third-order valence-corrected chi connectivity index (χ3v) is 6.13. The SMILES string of the molecule is Cc1ccsc1-c1nc(-c2cn([C@@H]3CCC[C@H]3O)nn2)cs1. The Balaban J connectivity index is 1.62. The van der Waals surface area contributed by atoms with Gasteiger partial charge >= 0.3 is 0 Å². The lowest BCUT2D eigenvalue weighted by atomic mass is 10.2. The fourth-order valence-corrected chi connectivity index (χ4v) is 4.79. The largest absolute Gasteiger partial charge is 0.391 e. The second-order valence-corrected chi connectivity index (χ2v) is 7.39. The molecule has 2 atom stereocenters. The van der Waals surface area contributed by atoms with Gasteiger partial charge in [-0.2, -0.15) is 0 Å². The van der Waals surface area contributed by atoms with Gasteiger partial charge in [0.2, 0.25) is 0 Å². The monoisotopic (exact) mass is 332 g/mol. The van der Waals surface area contributed by atoms with Crippen molar-refractivity contribution in [1.29, 1.82) is 0 Å². The first kappa shape index (κ1) is 14.0. The summed E-state index contributed by atoms with van der Waals surface area (Å²) in [5.74, 6) is 0. The third-order valence-electron chi connectivity index (χ3n) is 4.12. The van der Waals surface area contributed by atoms with E-state index in [1.54, 1.807) is 27.4 Å². The molecule has 0 unspecified atom stereocenters. The lowest BCUT2D eigenvalue weighted by Gasteiger charge is -2.13.